The first-order chi connectivity index (χ1) is 15.7. The topological polar surface area (TPSA) is 18.5 Å². The Kier molecular flexibility index (Phi) is 8.29. The fourth-order valence-corrected chi connectivity index (χ4v) is 4.15. The number of aryl methyl sites for hydroxylation is 1. The summed E-state index contributed by atoms with van der Waals surface area (Å²) < 4.78 is 181. The van der Waals surface area contributed by atoms with Crippen molar-refractivity contribution in [2.45, 2.75) is 67.3 Å². The van der Waals surface area contributed by atoms with Crippen molar-refractivity contribution >= 4 is 22.1 Å². The van der Waals surface area contributed by atoms with Crippen LogP contribution in [-0.4, -0.2) is 65.1 Å². The third-order valence-electron chi connectivity index (χ3n) is 5.09. The third-order valence-corrected chi connectivity index (χ3v) is 6.43. The normalized spacial score (nSPS) is 18.9. The lowest BCUT2D eigenvalue weighted by Gasteiger charge is -2.39. The summed E-state index contributed by atoms with van der Waals surface area (Å²) in [6, 6.07) is 5.83. The van der Waals surface area contributed by atoms with Crippen LogP contribution >= 0.6 is 0 Å². The second kappa shape index (κ2) is 9.76. The molecular weight excluding hydrogens is 534 g/mol. The molecule has 17 heteroatoms. The molecule has 1 saturated heterocycles. The van der Waals surface area contributed by atoms with E-state index in [1.807, 2.05) is 6.92 Å². The molecule has 35 heavy (non-hydrogen) atoms. The molecule has 0 aromatic heterocycles. The van der Waals surface area contributed by atoms with Crippen LogP contribution in [-0.2, 0) is 9.31 Å². The van der Waals surface area contributed by atoms with Gasteiger partial charge in [-0.15, -0.1) is 0 Å². The summed E-state index contributed by atoms with van der Waals surface area (Å²) >= 11 is 0. The second-order valence-electron chi connectivity index (χ2n) is 7.79. The Hall–Kier alpha value is -1.49. The van der Waals surface area contributed by atoms with Gasteiger partial charge in [0.2, 0.25) is 0 Å². The molecule has 0 spiro atoms. The summed E-state index contributed by atoms with van der Waals surface area (Å²) in [6.07, 6.45) is -10.3. The summed E-state index contributed by atoms with van der Waals surface area (Å²) in [6.45, 7) is 1.79. The van der Waals surface area contributed by atoms with Gasteiger partial charge in [-0.25, -0.2) is 0 Å². The number of benzene rings is 1. The number of rotatable bonds is 10. The smallest absolute Gasteiger partial charge is 0.405 e. The molecule has 2 nitrogen and oxygen atoms in total. The Morgan fingerprint density at radius 3 is 1.83 bits per heavy atom. The average Bonchev–Trinajstić information content (AvgIpc) is 3.19. The summed E-state index contributed by atoms with van der Waals surface area (Å²) in [5.41, 5.74) is 1.56. The maximum Gasteiger partial charge on any atom is 0.494 e. The Morgan fingerprint density at radius 1 is 0.800 bits per heavy atom. The van der Waals surface area contributed by atoms with Crippen LogP contribution in [0.3, 0.4) is 0 Å². The zero-order chi connectivity index (χ0) is 27.1. The maximum absolute atomic E-state index is 13.8. The predicted octanol–water partition coefficient (Wildman–Crippen LogP) is 5.78. The molecule has 0 amide bonds. The van der Waals surface area contributed by atoms with Crippen molar-refractivity contribution in [3.63, 3.8) is 0 Å². The van der Waals surface area contributed by atoms with E-state index in [9.17, 15) is 57.1 Å². The molecule has 1 unspecified atom stereocenters. The fraction of sp³-hybridized carbons (Fsp3) is 0.667. The Balaban J connectivity index is 1.98. The lowest BCUT2D eigenvalue weighted by Crippen LogP contribution is -2.70. The van der Waals surface area contributed by atoms with Crippen LogP contribution in [0.15, 0.2) is 24.3 Å². The highest BCUT2D eigenvalue weighted by molar-refractivity contribution is 6.61. The van der Waals surface area contributed by atoms with E-state index in [0.717, 1.165) is 5.56 Å². The second-order valence-corrected chi connectivity index (χ2v) is 9.20. The van der Waals surface area contributed by atoms with Gasteiger partial charge >= 0.3 is 42.9 Å². The van der Waals surface area contributed by atoms with Crippen molar-refractivity contribution in [1.82, 2.24) is 0 Å². The van der Waals surface area contributed by atoms with E-state index in [1.54, 1.807) is 24.3 Å². The van der Waals surface area contributed by atoms with E-state index in [2.05, 4.69) is 0 Å². The van der Waals surface area contributed by atoms with E-state index in [-0.39, 0.29) is 12.7 Å². The first-order valence-corrected chi connectivity index (χ1v) is 11.1. The molecule has 1 aliphatic heterocycles. The summed E-state index contributed by atoms with van der Waals surface area (Å²) in [4.78, 5) is 0. The van der Waals surface area contributed by atoms with Crippen molar-refractivity contribution < 1.29 is 66.4 Å². The van der Waals surface area contributed by atoms with Gasteiger partial charge in [0.05, 0.1) is 12.7 Å². The van der Waals surface area contributed by atoms with Gasteiger partial charge in [0.15, 0.2) is 0 Å². The van der Waals surface area contributed by atoms with Gasteiger partial charge in [0.25, 0.3) is 0 Å². The zero-order valence-electron chi connectivity index (χ0n) is 17.5. The van der Waals surface area contributed by atoms with Gasteiger partial charge in [-0.05, 0) is 18.4 Å². The van der Waals surface area contributed by atoms with Crippen molar-refractivity contribution in [3.05, 3.63) is 29.8 Å². The van der Waals surface area contributed by atoms with Gasteiger partial charge < -0.3 is 9.31 Å². The largest absolute Gasteiger partial charge is 0.494 e. The van der Waals surface area contributed by atoms with Crippen molar-refractivity contribution in [1.29, 1.82) is 0 Å². The van der Waals surface area contributed by atoms with E-state index >= 15 is 0 Å². The molecule has 2 radical (unpaired) electrons. The standard InChI is InChI=1S/C18H16BF13O2Si/c1-10-2-4-11(5-3-10)19-33-8-12(34-19)9-35-7-6-13(20,21)14(22,23)15(24,25)16(26,27)17(28,29)18(30,31)32/h2-5,12H,6-9H2,1H3. The van der Waals surface area contributed by atoms with Crippen LogP contribution in [0.1, 0.15) is 12.0 Å². The molecule has 1 fully saturated rings. The molecule has 0 saturated carbocycles. The predicted molar refractivity (Wildman–Crippen MR) is 98.2 cm³/mol. The monoisotopic (exact) mass is 550 g/mol. The maximum atomic E-state index is 13.8. The van der Waals surface area contributed by atoms with Crippen molar-refractivity contribution in [2.75, 3.05) is 6.61 Å². The molecule has 1 aromatic rings. The molecule has 1 atom stereocenters. The number of hydrogen-bond donors (Lipinski definition) is 0. The minimum absolute atomic E-state index is 0.0328. The van der Waals surface area contributed by atoms with Crippen molar-refractivity contribution in [2.24, 2.45) is 0 Å². The Morgan fingerprint density at radius 2 is 1.31 bits per heavy atom. The van der Waals surface area contributed by atoms with Crippen LogP contribution in [0.2, 0.25) is 12.1 Å². The summed E-state index contributed by atoms with van der Waals surface area (Å²) in [7, 11) is -1.48. The van der Waals surface area contributed by atoms with Crippen LogP contribution in [0, 0.1) is 6.92 Å². The minimum Gasteiger partial charge on any atom is -0.405 e. The van der Waals surface area contributed by atoms with Crippen LogP contribution in [0.25, 0.3) is 0 Å². The van der Waals surface area contributed by atoms with Gasteiger partial charge in [-0.3, -0.25) is 0 Å². The fourth-order valence-electron chi connectivity index (χ4n) is 2.92. The van der Waals surface area contributed by atoms with Crippen molar-refractivity contribution in [3.8, 4) is 0 Å². The van der Waals surface area contributed by atoms with Gasteiger partial charge in [-0.2, -0.15) is 57.1 Å². The highest BCUT2D eigenvalue weighted by atomic mass is 28.2. The van der Waals surface area contributed by atoms with Crippen LogP contribution in [0.4, 0.5) is 57.1 Å². The summed E-state index contributed by atoms with van der Waals surface area (Å²) in [5.74, 6) is -36.6. The first-order valence-electron chi connectivity index (χ1n) is 9.69. The zero-order valence-corrected chi connectivity index (χ0v) is 18.5. The molecule has 1 aromatic carbocycles. The molecular formula is C18H16BF13O2Si. The Labute approximate surface area is 193 Å². The van der Waals surface area contributed by atoms with Crippen LogP contribution in [0.5, 0.6) is 0 Å². The minimum atomic E-state index is -7.87. The quantitative estimate of drug-likeness (QED) is 0.209. The van der Waals surface area contributed by atoms with Gasteiger partial charge in [0.1, 0.15) is 0 Å². The van der Waals surface area contributed by atoms with E-state index in [1.165, 1.54) is 0 Å². The molecule has 2 rings (SSSR count). The first kappa shape index (κ1) is 29.7. The molecule has 0 bridgehead atoms. The average molecular weight is 550 g/mol. The molecule has 0 N–H and O–H groups in total. The molecule has 0 aliphatic carbocycles. The molecule has 1 aliphatic rings. The summed E-state index contributed by atoms with van der Waals surface area (Å²) in [5, 5.41) is 0. The molecule has 1 heterocycles. The van der Waals surface area contributed by atoms with Gasteiger partial charge in [-0.1, -0.05) is 35.9 Å². The lowest BCUT2D eigenvalue weighted by molar-refractivity contribution is -0.439. The number of hydrogen-bond acceptors (Lipinski definition) is 2. The number of alkyl halides is 13. The van der Waals surface area contributed by atoms with Gasteiger partial charge in [0, 0.05) is 15.9 Å². The van der Waals surface area contributed by atoms with E-state index < -0.39 is 71.0 Å². The SMILES string of the molecule is Cc1ccc(B2OCC(C[Si]CCC(F)(F)C(F)(F)C(F)(F)C(F)(F)C(F)(F)C(F)(F)F)O2)cc1. The Bertz CT molecular complexity index is 861. The molecule has 198 valence electrons. The number of halogens is 13. The van der Waals surface area contributed by atoms with E-state index in [0.29, 0.717) is 5.46 Å². The van der Waals surface area contributed by atoms with E-state index in [4.69, 9.17) is 9.31 Å². The highest BCUT2D eigenvalue weighted by Crippen LogP contribution is 2.60. The highest BCUT2D eigenvalue weighted by Gasteiger charge is 2.90. The third kappa shape index (κ3) is 5.45. The lowest BCUT2D eigenvalue weighted by atomic mass is 9.79. The van der Waals surface area contributed by atoms with Crippen LogP contribution < -0.4 is 5.46 Å².